The third kappa shape index (κ3) is 47.4. The number of rotatable bonds is 54. The monoisotopic (exact) mass is 1770 g/mol. The Morgan fingerprint density at radius 3 is 0.766 bits per heavy atom. The third-order valence-corrected chi connectivity index (χ3v) is 31.8. The number of unbranched alkanes of at least 4 members (excludes halogenated alkanes) is 6. The zero-order valence-corrected chi connectivity index (χ0v) is 87.5. The summed E-state index contributed by atoms with van der Waals surface area (Å²) in [5.41, 5.74) is 5.86. The fourth-order valence-electron chi connectivity index (χ4n) is 20.9. The second kappa shape index (κ2) is 59.7. The van der Waals surface area contributed by atoms with Crippen molar-refractivity contribution in [2.45, 2.75) is 403 Å². The van der Waals surface area contributed by atoms with Crippen molar-refractivity contribution in [1.82, 2.24) is 0 Å². The molecule has 4 aromatic rings. The van der Waals surface area contributed by atoms with Crippen molar-refractivity contribution >= 4 is 45.2 Å². The third-order valence-electron chi connectivity index (χ3n) is 27.8. The molecule has 0 unspecified atom stereocenters. The summed E-state index contributed by atoms with van der Waals surface area (Å²) in [7, 11) is -6.16. The summed E-state index contributed by atoms with van der Waals surface area (Å²) in [6.45, 7) is 52.0. The lowest BCUT2D eigenvalue weighted by Crippen LogP contribution is -2.35. The summed E-state index contributed by atoms with van der Waals surface area (Å²) in [5, 5.41) is 17.6. The molecule has 4 aliphatic carbocycles. The number of carboxylic acid groups (broad SMARTS) is 2. The molecule has 8 nitrogen and oxygen atoms in total. The van der Waals surface area contributed by atoms with Crippen LogP contribution < -0.4 is 0 Å². The molecule has 4 aliphatic rings. The molecule has 0 aliphatic heterocycles. The van der Waals surface area contributed by atoms with E-state index in [1.165, 1.54) is 202 Å². The topological polar surface area (TPSA) is 112 Å². The van der Waals surface area contributed by atoms with Crippen LogP contribution in [0.3, 0.4) is 0 Å². The molecule has 700 valence electrons. The van der Waals surface area contributed by atoms with Crippen LogP contribution in [-0.2, 0) is 53.0 Å². The summed E-state index contributed by atoms with van der Waals surface area (Å²) in [4.78, 5) is 21.4. The standard InChI is InChI=1S/2C28H46O3Si.2C28H48OSi/c1-22(17-19-24-13-9-8-10-14-24)18-20-25-23(2)21-27(31-32(3,4)5)26(25)15-11-6-7-12-16-28(29)30;1-22(17-19-24-13-9-8-10-14-24)18-20-26-25(15-11-6-7-12-16-28(29)30)23(2)21-27(26)31-32(3,4)5;1-7-8-9-10-14-17-27-26(24(3)22-28(27)29-30(4,5)6)21-19-23(2)18-20-25-15-12-11-13-16-25;1-7-8-9-10-14-17-26-24(3)22-28(29-30(4,5)6)27(26)21-19-23(2)18-20-25-15-12-11-13-16-25/h2*6,8-11,13-14,22-23,25-27H,7,12,15-21H2,1-5H3,(H,29,30);2*10-16,23-24,26-28H,7-9,17-22H2,1-6H3/b2*11-6-;2*14-10-/t22-,23+,25-,26+,27-;22-,23-,25-,26+,27+;23-,24+,26-,27+,28-;23-,24-,26-,27+,28+/m0000/s1. The van der Waals surface area contributed by atoms with Crippen LogP contribution in [0.5, 0.6) is 0 Å². The summed E-state index contributed by atoms with van der Waals surface area (Å²) in [6, 6.07) is 43.6. The zero-order valence-electron chi connectivity index (χ0n) is 83.5. The number of hydrogen-bond acceptors (Lipinski definition) is 6. The Kier molecular flexibility index (Phi) is 53.0. The number of carboxylic acids is 2. The SMILES string of the molecule is CCCC/C=C\C[C@@H]1[C@@H](CC[C@@H](C)CCc2ccccc2)[C@H](C)C[C@@H]1O[Si](C)(C)C.CCCC/C=C\C[C@@H]1[C@@H](CC[C@@H](C)CCc2ccccc2)[C@H](O[Si](C)(C)C)C[C@@H]1C.C[C@@H](CCc1ccccc1)CC[C@@H]1[C@@H](C/C=C\CCCC(=O)O)[C@@H](C)C[C@H]1O[Si](C)(C)C.C[C@@H](CCc1ccccc1)CC[C@@H]1[C@@H](C/C=C\CCCC(=O)O)[C@@H](O[Si](C)(C)C)C[C@H]1C. The van der Waals surface area contributed by atoms with E-state index in [4.69, 9.17) is 27.9 Å². The van der Waals surface area contributed by atoms with Crippen LogP contribution in [0.1, 0.15) is 297 Å². The smallest absolute Gasteiger partial charge is 0.303 e. The van der Waals surface area contributed by atoms with Gasteiger partial charge in [-0.15, -0.1) is 0 Å². The molecular weight excluding hydrogens is 1590 g/mol. The molecule has 12 heteroatoms. The summed E-state index contributed by atoms with van der Waals surface area (Å²) in [6.07, 6.45) is 61.9. The van der Waals surface area contributed by atoms with Crippen LogP contribution in [0, 0.1) is 94.7 Å². The molecule has 0 radical (unpaired) electrons. The lowest BCUT2D eigenvalue weighted by molar-refractivity contribution is -0.138. The van der Waals surface area contributed by atoms with Crippen molar-refractivity contribution in [1.29, 1.82) is 0 Å². The maximum Gasteiger partial charge on any atom is 0.303 e. The molecule has 4 saturated carbocycles. The van der Waals surface area contributed by atoms with E-state index >= 15 is 0 Å². The highest BCUT2D eigenvalue weighted by atomic mass is 28.4. The maximum atomic E-state index is 10.7. The molecule has 20 atom stereocenters. The Balaban J connectivity index is 0.000000294. The van der Waals surface area contributed by atoms with Gasteiger partial charge in [0.1, 0.15) is 0 Å². The van der Waals surface area contributed by atoms with E-state index in [9.17, 15) is 9.59 Å². The highest BCUT2D eigenvalue weighted by Crippen LogP contribution is 2.50. The predicted molar refractivity (Wildman–Crippen MR) is 546 cm³/mol. The first kappa shape index (κ1) is 110. The molecule has 0 amide bonds. The molecule has 0 bridgehead atoms. The van der Waals surface area contributed by atoms with E-state index in [2.05, 4.69) is 318 Å². The van der Waals surface area contributed by atoms with Gasteiger partial charge in [0, 0.05) is 37.3 Å². The van der Waals surface area contributed by atoms with Crippen LogP contribution in [0.2, 0.25) is 78.6 Å². The Morgan fingerprint density at radius 2 is 0.532 bits per heavy atom. The van der Waals surface area contributed by atoms with Crippen LogP contribution in [0.4, 0.5) is 0 Å². The minimum atomic E-state index is -1.58. The molecule has 4 fully saturated rings. The molecule has 0 heterocycles. The summed E-state index contributed by atoms with van der Waals surface area (Å²) in [5.74, 6) is 10.3. The number of aryl methyl sites for hydroxylation is 4. The second-order valence-corrected chi connectivity index (χ2v) is 61.6. The first-order chi connectivity index (χ1) is 58.9. The van der Waals surface area contributed by atoms with Crippen molar-refractivity contribution in [3.05, 3.63) is 192 Å². The van der Waals surface area contributed by atoms with Crippen molar-refractivity contribution in [3.63, 3.8) is 0 Å². The fourth-order valence-corrected chi connectivity index (χ4v) is 25.6. The Bertz CT molecular complexity index is 3520. The number of hydrogen-bond donors (Lipinski definition) is 2. The van der Waals surface area contributed by atoms with Crippen molar-refractivity contribution in [2.75, 3.05) is 0 Å². The fraction of sp³-hybridized carbons (Fsp3) is 0.696. The lowest BCUT2D eigenvalue weighted by Gasteiger charge is -2.31. The van der Waals surface area contributed by atoms with Gasteiger partial charge in [-0.05, 0) is 362 Å². The summed E-state index contributed by atoms with van der Waals surface area (Å²) < 4.78 is 26.8. The molecule has 8 rings (SSSR count). The molecule has 2 N–H and O–H groups in total. The van der Waals surface area contributed by atoms with E-state index in [0.717, 1.165) is 97.7 Å². The van der Waals surface area contributed by atoms with Gasteiger partial charge >= 0.3 is 11.9 Å². The molecule has 0 aromatic heterocycles. The first-order valence-corrected chi connectivity index (χ1v) is 64.4. The number of allylic oxidation sites excluding steroid dienone is 8. The van der Waals surface area contributed by atoms with Gasteiger partial charge in [0.05, 0.1) is 0 Å². The number of benzene rings is 4. The van der Waals surface area contributed by atoms with Crippen LogP contribution in [0.15, 0.2) is 170 Å². The van der Waals surface area contributed by atoms with Crippen molar-refractivity contribution in [3.8, 4) is 0 Å². The minimum absolute atomic E-state index is 0.260. The Morgan fingerprint density at radius 1 is 0.315 bits per heavy atom. The van der Waals surface area contributed by atoms with E-state index in [1.54, 1.807) is 0 Å². The van der Waals surface area contributed by atoms with E-state index < -0.39 is 45.2 Å². The maximum absolute atomic E-state index is 10.7. The molecule has 0 saturated heterocycles. The number of aliphatic carboxylic acids is 2. The Hall–Kier alpha value is -4.51. The van der Waals surface area contributed by atoms with Gasteiger partial charge in [0.2, 0.25) is 0 Å². The average Bonchev–Trinajstić information content (AvgIpc) is 1.69. The van der Waals surface area contributed by atoms with Crippen LogP contribution in [0.25, 0.3) is 0 Å². The highest BCUT2D eigenvalue weighted by molar-refractivity contribution is 6.70. The molecular formula is C112H188O8Si4. The number of carbonyl (C=O) groups is 2. The van der Waals surface area contributed by atoms with Crippen molar-refractivity contribution in [2.24, 2.45) is 94.7 Å². The molecule has 124 heavy (non-hydrogen) atoms. The summed E-state index contributed by atoms with van der Waals surface area (Å²) >= 11 is 0. The quantitative estimate of drug-likeness (QED) is 0.0255. The molecule has 4 aromatic carbocycles. The van der Waals surface area contributed by atoms with Gasteiger partial charge in [-0.1, -0.05) is 291 Å². The highest BCUT2D eigenvalue weighted by Gasteiger charge is 2.46. The van der Waals surface area contributed by atoms with Crippen LogP contribution in [-0.4, -0.2) is 79.8 Å². The van der Waals surface area contributed by atoms with Gasteiger partial charge in [0.25, 0.3) is 0 Å². The van der Waals surface area contributed by atoms with Crippen molar-refractivity contribution < 1.29 is 37.5 Å². The van der Waals surface area contributed by atoms with Gasteiger partial charge < -0.3 is 27.9 Å². The van der Waals surface area contributed by atoms with Crippen LogP contribution >= 0.6 is 0 Å². The Labute approximate surface area is 767 Å². The van der Waals surface area contributed by atoms with Gasteiger partial charge in [0.15, 0.2) is 33.3 Å². The van der Waals surface area contributed by atoms with E-state index in [-0.39, 0.29) is 12.8 Å². The largest absolute Gasteiger partial charge is 0.481 e. The zero-order chi connectivity index (χ0) is 91.1. The van der Waals surface area contributed by atoms with Gasteiger partial charge in [-0.25, -0.2) is 0 Å². The first-order valence-electron chi connectivity index (χ1n) is 50.8. The normalized spacial score (nSPS) is 25.3. The minimum Gasteiger partial charge on any atom is -0.481 e. The second-order valence-electron chi connectivity index (χ2n) is 43.7. The predicted octanol–water partition coefficient (Wildman–Crippen LogP) is 32.8. The van der Waals surface area contributed by atoms with Gasteiger partial charge in [-0.3, -0.25) is 9.59 Å². The van der Waals surface area contributed by atoms with E-state index in [1.807, 2.05) is 0 Å². The van der Waals surface area contributed by atoms with E-state index in [0.29, 0.717) is 59.9 Å². The molecule has 0 spiro atoms. The lowest BCUT2D eigenvalue weighted by atomic mass is 9.81. The van der Waals surface area contributed by atoms with Gasteiger partial charge in [-0.2, -0.15) is 0 Å². The average molecular weight is 1780 g/mol.